The van der Waals surface area contributed by atoms with Crippen LogP contribution in [0.2, 0.25) is 0 Å². The lowest BCUT2D eigenvalue weighted by atomic mass is 10.1. The van der Waals surface area contributed by atoms with E-state index < -0.39 is 6.17 Å². The largest absolute Gasteiger partial charge is 0.375 e. The van der Waals surface area contributed by atoms with Crippen LogP contribution in [0.25, 0.3) is 0 Å². The Kier molecular flexibility index (Phi) is 2.22. The van der Waals surface area contributed by atoms with Crippen molar-refractivity contribution in [2.75, 3.05) is 6.61 Å². The number of rotatable bonds is 2. The zero-order valence-corrected chi connectivity index (χ0v) is 5.35. The maximum Gasteiger partial charge on any atom is 0.144 e. The Morgan fingerprint density at radius 1 is 1.78 bits per heavy atom. The molecule has 52 valence electrons. The summed E-state index contributed by atoms with van der Waals surface area (Å²) in [5.41, 5.74) is 0. The molecule has 0 aromatic carbocycles. The lowest BCUT2D eigenvalue weighted by Crippen LogP contribution is -2.17. The van der Waals surface area contributed by atoms with E-state index in [4.69, 9.17) is 4.74 Å². The van der Waals surface area contributed by atoms with E-state index in [1.54, 1.807) is 0 Å². The molecular weight excluding hydrogens is 119 g/mol. The van der Waals surface area contributed by atoms with E-state index in [-0.39, 0.29) is 6.10 Å². The highest BCUT2D eigenvalue weighted by molar-refractivity contribution is 4.87. The van der Waals surface area contributed by atoms with Crippen LogP contribution in [0.3, 0.4) is 0 Å². The van der Waals surface area contributed by atoms with Crippen LogP contribution in [0.5, 0.6) is 0 Å². The van der Waals surface area contributed by atoms with Gasteiger partial charge in [0.05, 0.1) is 6.10 Å². The van der Waals surface area contributed by atoms with Crippen LogP contribution in [0.1, 0.15) is 12.8 Å². The van der Waals surface area contributed by atoms with E-state index in [2.05, 4.69) is 6.58 Å². The van der Waals surface area contributed by atoms with E-state index in [9.17, 15) is 4.39 Å². The van der Waals surface area contributed by atoms with Crippen molar-refractivity contribution >= 4 is 0 Å². The van der Waals surface area contributed by atoms with Crippen LogP contribution in [0, 0.1) is 0 Å². The first-order chi connectivity index (χ1) is 4.34. The number of halogens is 1. The molecule has 2 heteroatoms. The van der Waals surface area contributed by atoms with Gasteiger partial charge < -0.3 is 4.74 Å². The first-order valence-corrected chi connectivity index (χ1v) is 3.23. The number of hydrogen-bond acceptors (Lipinski definition) is 1. The Hall–Kier alpha value is -0.370. The molecule has 1 rings (SSSR count). The van der Waals surface area contributed by atoms with Gasteiger partial charge in [-0.15, -0.1) is 6.58 Å². The van der Waals surface area contributed by atoms with Crippen LogP contribution < -0.4 is 0 Å². The van der Waals surface area contributed by atoms with Crippen molar-refractivity contribution in [3.8, 4) is 0 Å². The molecule has 0 aromatic heterocycles. The Balaban J connectivity index is 2.32. The Bertz CT molecular complexity index is 97.1. The minimum absolute atomic E-state index is 0.206. The summed E-state index contributed by atoms with van der Waals surface area (Å²) in [6.07, 6.45) is 1.96. The molecule has 1 aliphatic heterocycles. The summed E-state index contributed by atoms with van der Waals surface area (Å²) < 4.78 is 17.7. The molecule has 0 radical (unpaired) electrons. The molecule has 0 spiro atoms. The standard InChI is InChI=1S/C7H11FO/c1-2-6(8)7-4-3-5-9-7/h2,6-7H,1,3-5H2. The van der Waals surface area contributed by atoms with Gasteiger partial charge in [0.2, 0.25) is 0 Å². The SMILES string of the molecule is C=CC(F)C1CCCO1. The number of hydrogen-bond donors (Lipinski definition) is 0. The van der Waals surface area contributed by atoms with E-state index in [1.165, 1.54) is 6.08 Å². The Morgan fingerprint density at radius 2 is 2.56 bits per heavy atom. The second kappa shape index (κ2) is 2.97. The third-order valence-electron chi connectivity index (χ3n) is 1.55. The van der Waals surface area contributed by atoms with Crippen molar-refractivity contribution in [2.45, 2.75) is 25.1 Å². The van der Waals surface area contributed by atoms with E-state index in [0.29, 0.717) is 6.61 Å². The molecule has 1 fully saturated rings. The summed E-state index contributed by atoms with van der Waals surface area (Å²) in [4.78, 5) is 0. The van der Waals surface area contributed by atoms with Gasteiger partial charge in [0.15, 0.2) is 0 Å². The summed E-state index contributed by atoms with van der Waals surface area (Å²) in [5, 5.41) is 0. The molecule has 0 aliphatic carbocycles. The van der Waals surface area contributed by atoms with Gasteiger partial charge in [-0.05, 0) is 12.8 Å². The van der Waals surface area contributed by atoms with Crippen LogP contribution in [-0.4, -0.2) is 18.9 Å². The highest BCUT2D eigenvalue weighted by Gasteiger charge is 2.22. The van der Waals surface area contributed by atoms with Crippen LogP contribution in [0.15, 0.2) is 12.7 Å². The first kappa shape index (κ1) is 6.75. The maximum atomic E-state index is 12.6. The average molecular weight is 130 g/mol. The third-order valence-corrected chi connectivity index (χ3v) is 1.55. The first-order valence-electron chi connectivity index (χ1n) is 3.23. The normalized spacial score (nSPS) is 30.1. The Labute approximate surface area is 54.5 Å². The topological polar surface area (TPSA) is 9.23 Å². The third kappa shape index (κ3) is 1.52. The molecule has 1 saturated heterocycles. The summed E-state index contributed by atoms with van der Waals surface area (Å²) in [7, 11) is 0. The zero-order chi connectivity index (χ0) is 6.69. The molecule has 0 bridgehead atoms. The lowest BCUT2D eigenvalue weighted by Gasteiger charge is -2.09. The van der Waals surface area contributed by atoms with Gasteiger partial charge in [0, 0.05) is 6.61 Å². The summed E-state index contributed by atoms with van der Waals surface area (Å²) in [6.45, 7) is 4.06. The summed E-state index contributed by atoms with van der Waals surface area (Å²) >= 11 is 0. The van der Waals surface area contributed by atoms with Gasteiger partial charge in [-0.3, -0.25) is 0 Å². The Morgan fingerprint density at radius 3 is 3.00 bits per heavy atom. The highest BCUT2D eigenvalue weighted by atomic mass is 19.1. The maximum absolute atomic E-state index is 12.6. The van der Waals surface area contributed by atoms with Crippen LogP contribution in [-0.2, 0) is 4.74 Å². The van der Waals surface area contributed by atoms with Gasteiger partial charge >= 0.3 is 0 Å². The number of ether oxygens (including phenoxy) is 1. The van der Waals surface area contributed by atoms with Gasteiger partial charge in [0.25, 0.3) is 0 Å². The monoisotopic (exact) mass is 130 g/mol. The van der Waals surface area contributed by atoms with Crippen molar-refractivity contribution in [3.05, 3.63) is 12.7 Å². The predicted molar refractivity (Wildman–Crippen MR) is 34.1 cm³/mol. The van der Waals surface area contributed by atoms with Gasteiger partial charge in [-0.2, -0.15) is 0 Å². The van der Waals surface area contributed by atoms with Crippen molar-refractivity contribution in [3.63, 3.8) is 0 Å². The predicted octanol–water partition coefficient (Wildman–Crippen LogP) is 1.69. The minimum Gasteiger partial charge on any atom is -0.375 e. The van der Waals surface area contributed by atoms with Crippen LogP contribution in [0.4, 0.5) is 4.39 Å². The molecular formula is C7H11FO. The number of alkyl halides is 1. The van der Waals surface area contributed by atoms with Gasteiger partial charge in [-0.25, -0.2) is 4.39 Å². The molecule has 0 saturated carbocycles. The van der Waals surface area contributed by atoms with E-state index >= 15 is 0 Å². The summed E-state index contributed by atoms with van der Waals surface area (Å²) in [5.74, 6) is 0. The molecule has 1 aliphatic rings. The molecule has 0 N–H and O–H groups in total. The van der Waals surface area contributed by atoms with Gasteiger partial charge in [-0.1, -0.05) is 6.08 Å². The molecule has 9 heavy (non-hydrogen) atoms. The molecule has 2 atom stereocenters. The fraction of sp³-hybridized carbons (Fsp3) is 0.714. The smallest absolute Gasteiger partial charge is 0.144 e. The quantitative estimate of drug-likeness (QED) is 0.517. The fourth-order valence-corrected chi connectivity index (χ4v) is 1.01. The van der Waals surface area contributed by atoms with Gasteiger partial charge in [0.1, 0.15) is 6.17 Å². The van der Waals surface area contributed by atoms with Crippen LogP contribution >= 0.6 is 0 Å². The second-order valence-corrected chi connectivity index (χ2v) is 2.23. The average Bonchev–Trinajstić information content (AvgIpc) is 2.37. The van der Waals surface area contributed by atoms with Crippen molar-refractivity contribution in [2.24, 2.45) is 0 Å². The minimum atomic E-state index is -0.965. The molecule has 0 aromatic rings. The molecule has 2 unspecified atom stereocenters. The molecule has 0 amide bonds. The van der Waals surface area contributed by atoms with Crippen molar-refractivity contribution in [1.29, 1.82) is 0 Å². The fourth-order valence-electron chi connectivity index (χ4n) is 1.01. The zero-order valence-electron chi connectivity index (χ0n) is 5.35. The molecule has 1 nitrogen and oxygen atoms in total. The van der Waals surface area contributed by atoms with Crippen molar-refractivity contribution < 1.29 is 9.13 Å². The highest BCUT2D eigenvalue weighted by Crippen LogP contribution is 2.17. The summed E-state index contributed by atoms with van der Waals surface area (Å²) in [6, 6.07) is 0. The molecule has 1 heterocycles. The van der Waals surface area contributed by atoms with E-state index in [0.717, 1.165) is 12.8 Å². The lowest BCUT2D eigenvalue weighted by molar-refractivity contribution is 0.0622. The second-order valence-electron chi connectivity index (χ2n) is 2.23. The van der Waals surface area contributed by atoms with E-state index in [1.807, 2.05) is 0 Å². The van der Waals surface area contributed by atoms with Crippen molar-refractivity contribution in [1.82, 2.24) is 0 Å².